The Bertz CT molecular complexity index is 480. The normalized spacial score (nSPS) is 9.38. The summed E-state index contributed by atoms with van der Waals surface area (Å²) in [6, 6.07) is 10.0. The van der Waals surface area contributed by atoms with Crippen LogP contribution in [-0.4, -0.2) is 17.2 Å². The van der Waals surface area contributed by atoms with Gasteiger partial charge in [-0.05, 0) is 24.1 Å². The highest BCUT2D eigenvalue weighted by molar-refractivity contribution is 5.81. The Morgan fingerprint density at radius 3 is 2.75 bits per heavy atom. The molecule has 0 radical (unpaired) electrons. The van der Waals surface area contributed by atoms with Gasteiger partial charge in [-0.2, -0.15) is 0 Å². The maximum absolute atomic E-state index is 7.00. The fourth-order valence-corrected chi connectivity index (χ4v) is 1.49. The third-order valence-electron chi connectivity index (χ3n) is 2.20. The molecule has 0 saturated heterocycles. The highest BCUT2D eigenvalue weighted by Crippen LogP contribution is 2.18. The van der Waals surface area contributed by atoms with E-state index in [1.807, 2.05) is 30.3 Å². The van der Waals surface area contributed by atoms with Crippen LogP contribution in [0.15, 0.2) is 43.0 Å². The van der Waals surface area contributed by atoms with Gasteiger partial charge >= 0.3 is 0 Å². The fourth-order valence-electron chi connectivity index (χ4n) is 1.49. The summed E-state index contributed by atoms with van der Waals surface area (Å²) in [5.41, 5.74) is 7.80. The van der Waals surface area contributed by atoms with E-state index in [9.17, 15) is 0 Å². The minimum Gasteiger partial charge on any atom is -0.400 e. The van der Waals surface area contributed by atoms with Crippen molar-refractivity contribution in [3.8, 4) is 0 Å². The first-order chi connectivity index (χ1) is 7.81. The van der Waals surface area contributed by atoms with Crippen molar-refractivity contribution in [3.63, 3.8) is 0 Å². The van der Waals surface area contributed by atoms with Crippen molar-refractivity contribution >= 4 is 16.7 Å². The summed E-state index contributed by atoms with van der Waals surface area (Å²) >= 11 is 0. The van der Waals surface area contributed by atoms with E-state index in [1.54, 1.807) is 0 Å². The summed E-state index contributed by atoms with van der Waals surface area (Å²) in [5.74, 6) is 0.601. The minimum atomic E-state index is 0.601. The summed E-state index contributed by atoms with van der Waals surface area (Å²) in [5, 5.41) is 8.12. The van der Waals surface area contributed by atoms with Crippen LogP contribution < -0.4 is 5.73 Å². The first-order valence-corrected chi connectivity index (χ1v) is 5.01. The Labute approximate surface area is 95.2 Å². The molecule has 0 aliphatic carbocycles. The van der Waals surface area contributed by atoms with Gasteiger partial charge in [0.2, 0.25) is 0 Å². The molecule has 1 heterocycles. The number of aliphatic hydroxyl groups excluding tert-OH is 1. The number of fused-ring (bicyclic) bond motifs is 1. The monoisotopic (exact) mass is 216 g/mol. The third-order valence-corrected chi connectivity index (χ3v) is 2.20. The molecule has 3 N–H and O–H groups in total. The van der Waals surface area contributed by atoms with Crippen LogP contribution in [0.25, 0.3) is 10.9 Å². The van der Waals surface area contributed by atoms with Gasteiger partial charge < -0.3 is 10.8 Å². The van der Waals surface area contributed by atoms with Gasteiger partial charge in [-0.15, -0.1) is 6.58 Å². The Hall–Kier alpha value is -1.87. The number of hydrogen-bond acceptors (Lipinski definition) is 3. The van der Waals surface area contributed by atoms with Crippen molar-refractivity contribution in [2.24, 2.45) is 0 Å². The second-order valence-corrected chi connectivity index (χ2v) is 3.22. The van der Waals surface area contributed by atoms with Crippen LogP contribution in [0.4, 0.5) is 5.82 Å². The number of para-hydroxylation sites is 1. The Morgan fingerprint density at radius 1 is 1.38 bits per heavy atom. The van der Waals surface area contributed by atoms with Crippen LogP contribution in [0.5, 0.6) is 0 Å². The van der Waals surface area contributed by atoms with Crippen molar-refractivity contribution in [1.29, 1.82) is 0 Å². The molecule has 2 aromatic rings. The number of hydrogen-bond donors (Lipinski definition) is 2. The molecular formula is C13H16N2O. The summed E-state index contributed by atoms with van der Waals surface area (Å²) in [6.07, 6.45) is 2.60. The molecular weight excluding hydrogens is 200 g/mol. The molecule has 2 rings (SSSR count). The number of pyridine rings is 1. The molecule has 1 aromatic heterocycles. The third kappa shape index (κ3) is 2.58. The lowest BCUT2D eigenvalue weighted by Crippen LogP contribution is -1.97. The lowest BCUT2D eigenvalue weighted by molar-refractivity contribution is 0.399. The summed E-state index contributed by atoms with van der Waals surface area (Å²) < 4.78 is 0. The van der Waals surface area contributed by atoms with E-state index in [0.29, 0.717) is 5.82 Å². The van der Waals surface area contributed by atoms with Crippen molar-refractivity contribution in [2.75, 3.05) is 12.8 Å². The molecule has 0 bridgehead atoms. The lowest BCUT2D eigenvalue weighted by Gasteiger charge is -2.04. The number of aliphatic hydroxyl groups is 1. The van der Waals surface area contributed by atoms with Gasteiger partial charge in [0.25, 0.3) is 0 Å². The topological polar surface area (TPSA) is 59.1 Å². The molecule has 0 amide bonds. The molecule has 0 aliphatic heterocycles. The Kier molecular flexibility index (Phi) is 4.48. The Morgan fingerprint density at radius 2 is 2.06 bits per heavy atom. The largest absolute Gasteiger partial charge is 0.400 e. The highest BCUT2D eigenvalue weighted by Gasteiger charge is 2.01. The van der Waals surface area contributed by atoms with Crippen molar-refractivity contribution in [1.82, 2.24) is 4.98 Å². The molecule has 0 aliphatic rings. The summed E-state index contributed by atoms with van der Waals surface area (Å²) in [4.78, 5) is 4.32. The smallest absolute Gasteiger partial charge is 0.127 e. The number of nitrogen functional groups attached to an aromatic ring is 1. The van der Waals surface area contributed by atoms with Crippen LogP contribution in [-0.2, 0) is 6.42 Å². The maximum Gasteiger partial charge on any atom is 0.127 e. The fraction of sp³-hybridized carbons (Fsp3) is 0.154. The molecule has 0 atom stereocenters. The number of benzene rings is 1. The molecule has 84 valence electrons. The van der Waals surface area contributed by atoms with Crippen LogP contribution in [0.2, 0.25) is 0 Å². The molecule has 1 aromatic carbocycles. The van der Waals surface area contributed by atoms with Gasteiger partial charge in [0.15, 0.2) is 0 Å². The molecule has 0 saturated carbocycles. The van der Waals surface area contributed by atoms with E-state index in [2.05, 4.69) is 17.6 Å². The van der Waals surface area contributed by atoms with Crippen molar-refractivity contribution < 1.29 is 5.11 Å². The van der Waals surface area contributed by atoms with E-state index in [1.165, 1.54) is 0 Å². The van der Waals surface area contributed by atoms with E-state index in [-0.39, 0.29) is 0 Å². The zero-order valence-electron chi connectivity index (χ0n) is 9.35. The van der Waals surface area contributed by atoms with Crippen molar-refractivity contribution in [3.05, 3.63) is 48.6 Å². The number of aromatic nitrogens is 1. The Balaban J connectivity index is 0.000000606. The van der Waals surface area contributed by atoms with Crippen LogP contribution >= 0.6 is 0 Å². The number of rotatable bonds is 2. The molecule has 0 fully saturated rings. The average Bonchev–Trinajstić information content (AvgIpc) is 2.33. The average molecular weight is 216 g/mol. The molecule has 16 heavy (non-hydrogen) atoms. The van der Waals surface area contributed by atoms with Crippen LogP contribution in [0.3, 0.4) is 0 Å². The molecule has 0 spiro atoms. The summed E-state index contributed by atoms with van der Waals surface area (Å²) in [7, 11) is 1.00. The van der Waals surface area contributed by atoms with E-state index >= 15 is 0 Å². The predicted molar refractivity (Wildman–Crippen MR) is 68.2 cm³/mol. The van der Waals surface area contributed by atoms with E-state index in [0.717, 1.165) is 30.0 Å². The zero-order valence-corrected chi connectivity index (χ0v) is 9.35. The SMILES string of the molecule is C=CCc1cc2ccccc2nc1N.CO. The standard InChI is InChI=1S/C12H12N2.CH4O/c1-2-5-10-8-9-6-3-4-7-11(9)14-12(10)13;1-2/h2-4,6-8H,1,5H2,(H2,13,14);2H,1H3. The number of allylic oxidation sites excluding steroid dienone is 1. The van der Waals surface area contributed by atoms with Gasteiger partial charge in [0.1, 0.15) is 5.82 Å². The number of nitrogens with zero attached hydrogens (tertiary/aromatic N) is 1. The molecule has 3 nitrogen and oxygen atoms in total. The first kappa shape index (κ1) is 12.2. The van der Waals surface area contributed by atoms with Crippen LogP contribution in [0.1, 0.15) is 5.56 Å². The van der Waals surface area contributed by atoms with E-state index < -0.39 is 0 Å². The summed E-state index contributed by atoms with van der Waals surface area (Å²) in [6.45, 7) is 3.69. The maximum atomic E-state index is 7.00. The predicted octanol–water partition coefficient (Wildman–Crippen LogP) is 2.15. The molecule has 0 unspecified atom stereocenters. The molecule has 3 heteroatoms. The highest BCUT2D eigenvalue weighted by atomic mass is 16.2. The number of anilines is 1. The second kappa shape index (κ2) is 5.88. The minimum absolute atomic E-state index is 0.601. The quantitative estimate of drug-likeness (QED) is 0.756. The second-order valence-electron chi connectivity index (χ2n) is 3.22. The van der Waals surface area contributed by atoms with Gasteiger partial charge in [-0.3, -0.25) is 0 Å². The van der Waals surface area contributed by atoms with Gasteiger partial charge in [0, 0.05) is 12.5 Å². The van der Waals surface area contributed by atoms with Gasteiger partial charge in [-0.1, -0.05) is 24.3 Å². The van der Waals surface area contributed by atoms with Crippen LogP contribution in [0, 0.1) is 0 Å². The van der Waals surface area contributed by atoms with Crippen molar-refractivity contribution in [2.45, 2.75) is 6.42 Å². The zero-order chi connectivity index (χ0) is 12.0. The lowest BCUT2D eigenvalue weighted by atomic mass is 10.1. The number of nitrogens with two attached hydrogens (primary N) is 1. The van der Waals surface area contributed by atoms with Gasteiger partial charge in [0.05, 0.1) is 5.52 Å². The first-order valence-electron chi connectivity index (χ1n) is 5.01. The van der Waals surface area contributed by atoms with Gasteiger partial charge in [-0.25, -0.2) is 4.98 Å². The van der Waals surface area contributed by atoms with E-state index in [4.69, 9.17) is 10.8 Å².